The van der Waals surface area contributed by atoms with Crippen molar-refractivity contribution in [3.8, 4) is 17.6 Å². The van der Waals surface area contributed by atoms with E-state index in [1.807, 2.05) is 18.2 Å². The van der Waals surface area contributed by atoms with Crippen LogP contribution in [0.25, 0.3) is 0 Å². The molecule has 0 aliphatic rings. The highest BCUT2D eigenvalue weighted by atomic mass is 16.5. The summed E-state index contributed by atoms with van der Waals surface area (Å²) < 4.78 is 10.4. The monoisotopic (exact) mass is 262 g/mol. The van der Waals surface area contributed by atoms with Crippen molar-refractivity contribution in [3.63, 3.8) is 0 Å². The van der Waals surface area contributed by atoms with Crippen molar-refractivity contribution < 1.29 is 9.47 Å². The summed E-state index contributed by atoms with van der Waals surface area (Å²) in [5.74, 6) is 1.94. The minimum atomic E-state index is -0.321. The smallest absolute Gasteiger partial charge is 0.161 e. The van der Waals surface area contributed by atoms with Gasteiger partial charge in [-0.05, 0) is 36.6 Å². The van der Waals surface area contributed by atoms with Crippen molar-refractivity contribution in [2.24, 2.45) is 5.92 Å². The quantitative estimate of drug-likeness (QED) is 0.821. The maximum absolute atomic E-state index is 9.25. The summed E-state index contributed by atoms with van der Waals surface area (Å²) in [6, 6.07) is 7.50. The van der Waals surface area contributed by atoms with E-state index in [2.05, 4.69) is 25.2 Å². The summed E-state index contributed by atoms with van der Waals surface area (Å²) in [6.07, 6.45) is 1.05. The molecule has 0 radical (unpaired) electrons. The lowest BCUT2D eigenvalue weighted by atomic mass is 10.1. The molecule has 1 rings (SSSR count). The van der Waals surface area contributed by atoms with Crippen molar-refractivity contribution in [2.75, 3.05) is 20.8 Å². The Morgan fingerprint density at radius 1 is 1.21 bits per heavy atom. The fourth-order valence-electron chi connectivity index (χ4n) is 1.79. The van der Waals surface area contributed by atoms with Crippen LogP contribution in [0.4, 0.5) is 0 Å². The number of rotatable bonds is 7. The number of hydrogen-bond donors (Lipinski definition) is 1. The zero-order valence-corrected chi connectivity index (χ0v) is 12.1. The maximum Gasteiger partial charge on any atom is 0.161 e. The predicted octanol–water partition coefficient (Wildman–Crippen LogP) is 2.90. The van der Waals surface area contributed by atoms with E-state index in [9.17, 15) is 5.26 Å². The van der Waals surface area contributed by atoms with E-state index in [4.69, 9.17) is 9.47 Å². The highest BCUT2D eigenvalue weighted by Crippen LogP contribution is 2.29. The summed E-state index contributed by atoms with van der Waals surface area (Å²) in [6.45, 7) is 5.16. The first kappa shape index (κ1) is 15.3. The predicted molar refractivity (Wildman–Crippen MR) is 75.4 cm³/mol. The lowest BCUT2D eigenvalue weighted by Crippen LogP contribution is -2.22. The van der Waals surface area contributed by atoms with Gasteiger partial charge in [-0.3, -0.25) is 5.32 Å². The molecule has 1 aromatic rings. The van der Waals surface area contributed by atoms with E-state index in [-0.39, 0.29) is 6.04 Å². The Morgan fingerprint density at radius 3 is 2.42 bits per heavy atom. The summed E-state index contributed by atoms with van der Waals surface area (Å²) >= 11 is 0. The van der Waals surface area contributed by atoms with Gasteiger partial charge < -0.3 is 9.47 Å². The van der Waals surface area contributed by atoms with Crippen molar-refractivity contribution in [1.82, 2.24) is 5.32 Å². The lowest BCUT2D eigenvalue weighted by molar-refractivity contribution is 0.354. The van der Waals surface area contributed by atoms with Gasteiger partial charge in [-0.15, -0.1) is 0 Å². The first-order valence-corrected chi connectivity index (χ1v) is 6.47. The molecule has 0 aliphatic heterocycles. The van der Waals surface area contributed by atoms with Crippen LogP contribution in [-0.4, -0.2) is 20.8 Å². The molecule has 0 aromatic heterocycles. The van der Waals surface area contributed by atoms with Crippen molar-refractivity contribution >= 4 is 0 Å². The standard InChI is InChI=1S/C15H22N2O2/c1-11(2)7-8-17-13(10-16)12-5-6-14(18-3)15(9-12)19-4/h5-6,9,11,13,17H,7-8H2,1-4H3. The molecule has 0 amide bonds. The number of methoxy groups -OCH3 is 2. The van der Waals surface area contributed by atoms with E-state index in [0.717, 1.165) is 18.5 Å². The molecule has 0 heterocycles. The van der Waals surface area contributed by atoms with Gasteiger partial charge in [-0.25, -0.2) is 0 Å². The fourth-order valence-corrected chi connectivity index (χ4v) is 1.79. The molecule has 1 atom stereocenters. The summed E-state index contributed by atoms with van der Waals surface area (Å²) in [7, 11) is 3.19. The van der Waals surface area contributed by atoms with Crippen LogP contribution in [0.1, 0.15) is 31.9 Å². The van der Waals surface area contributed by atoms with Crippen LogP contribution in [0.5, 0.6) is 11.5 Å². The Hall–Kier alpha value is -1.73. The topological polar surface area (TPSA) is 54.3 Å². The second-order valence-corrected chi connectivity index (χ2v) is 4.81. The van der Waals surface area contributed by atoms with E-state index in [0.29, 0.717) is 17.4 Å². The maximum atomic E-state index is 9.25. The van der Waals surface area contributed by atoms with Crippen molar-refractivity contribution in [2.45, 2.75) is 26.3 Å². The van der Waals surface area contributed by atoms with E-state index >= 15 is 0 Å². The third-order valence-corrected chi connectivity index (χ3v) is 2.94. The number of ether oxygens (including phenoxy) is 2. The van der Waals surface area contributed by atoms with E-state index in [1.165, 1.54) is 0 Å². The molecule has 4 nitrogen and oxygen atoms in total. The number of nitriles is 1. The van der Waals surface area contributed by atoms with Crippen LogP contribution in [0.2, 0.25) is 0 Å². The molecule has 19 heavy (non-hydrogen) atoms. The molecule has 0 saturated carbocycles. The van der Waals surface area contributed by atoms with Gasteiger partial charge in [-0.2, -0.15) is 5.26 Å². The zero-order chi connectivity index (χ0) is 14.3. The molecule has 0 spiro atoms. The van der Waals surface area contributed by atoms with Crippen LogP contribution in [0.15, 0.2) is 18.2 Å². The van der Waals surface area contributed by atoms with Crippen LogP contribution >= 0.6 is 0 Å². The molecule has 4 heteroatoms. The Kier molecular flexibility index (Phi) is 6.17. The average molecular weight is 262 g/mol. The Balaban J connectivity index is 2.78. The summed E-state index contributed by atoms with van der Waals surface area (Å²) in [5, 5.41) is 12.5. The van der Waals surface area contributed by atoms with Gasteiger partial charge in [0.25, 0.3) is 0 Å². The number of hydrogen-bond acceptors (Lipinski definition) is 4. The normalized spacial score (nSPS) is 12.0. The Morgan fingerprint density at radius 2 is 1.89 bits per heavy atom. The Labute approximate surface area is 115 Å². The average Bonchev–Trinajstić information content (AvgIpc) is 2.42. The third-order valence-electron chi connectivity index (χ3n) is 2.94. The van der Waals surface area contributed by atoms with Crippen LogP contribution < -0.4 is 14.8 Å². The van der Waals surface area contributed by atoms with E-state index in [1.54, 1.807) is 14.2 Å². The van der Waals surface area contributed by atoms with Gasteiger partial charge in [-0.1, -0.05) is 19.9 Å². The van der Waals surface area contributed by atoms with Gasteiger partial charge in [0.05, 0.1) is 20.3 Å². The van der Waals surface area contributed by atoms with Gasteiger partial charge in [0.15, 0.2) is 11.5 Å². The molecular formula is C15H22N2O2. The second kappa shape index (κ2) is 7.65. The molecule has 1 N–H and O–H groups in total. The van der Waals surface area contributed by atoms with Crippen LogP contribution in [0, 0.1) is 17.2 Å². The van der Waals surface area contributed by atoms with Gasteiger partial charge in [0.1, 0.15) is 6.04 Å². The van der Waals surface area contributed by atoms with Gasteiger partial charge in [0.2, 0.25) is 0 Å². The lowest BCUT2D eigenvalue weighted by Gasteiger charge is -2.15. The number of nitrogens with one attached hydrogen (secondary N) is 1. The minimum absolute atomic E-state index is 0.321. The molecule has 1 aromatic carbocycles. The van der Waals surface area contributed by atoms with Crippen LogP contribution in [0.3, 0.4) is 0 Å². The molecule has 1 unspecified atom stereocenters. The molecule has 0 aliphatic carbocycles. The molecular weight excluding hydrogens is 240 g/mol. The molecule has 0 bridgehead atoms. The Bertz CT molecular complexity index is 438. The van der Waals surface area contributed by atoms with Crippen LogP contribution in [-0.2, 0) is 0 Å². The highest BCUT2D eigenvalue weighted by Gasteiger charge is 2.13. The van der Waals surface area contributed by atoms with Gasteiger partial charge >= 0.3 is 0 Å². The van der Waals surface area contributed by atoms with E-state index < -0.39 is 0 Å². The zero-order valence-electron chi connectivity index (χ0n) is 12.1. The fraction of sp³-hybridized carbons (Fsp3) is 0.533. The highest BCUT2D eigenvalue weighted by molar-refractivity contribution is 5.44. The molecule has 104 valence electrons. The molecule has 0 fully saturated rings. The first-order valence-electron chi connectivity index (χ1n) is 6.47. The van der Waals surface area contributed by atoms with Crippen molar-refractivity contribution in [3.05, 3.63) is 23.8 Å². The number of nitrogens with zero attached hydrogens (tertiary/aromatic N) is 1. The third kappa shape index (κ3) is 4.46. The largest absolute Gasteiger partial charge is 0.493 e. The summed E-state index contributed by atoms with van der Waals surface area (Å²) in [5.41, 5.74) is 0.893. The SMILES string of the molecule is COc1ccc(C(C#N)NCCC(C)C)cc1OC. The van der Waals surface area contributed by atoms with Gasteiger partial charge in [0, 0.05) is 0 Å². The minimum Gasteiger partial charge on any atom is -0.493 e. The second-order valence-electron chi connectivity index (χ2n) is 4.81. The van der Waals surface area contributed by atoms with Crippen molar-refractivity contribution in [1.29, 1.82) is 5.26 Å². The first-order chi connectivity index (χ1) is 9.12. The summed E-state index contributed by atoms with van der Waals surface area (Å²) in [4.78, 5) is 0. The number of benzene rings is 1. The molecule has 0 saturated heterocycles.